The molecule has 0 unspecified atom stereocenters. The molecule has 0 saturated heterocycles. The normalized spacial score (nSPS) is 12.0. The molecule has 0 radical (unpaired) electrons. The van der Waals surface area contributed by atoms with Gasteiger partial charge in [-0.05, 0) is 20.3 Å². The number of hydrogen-bond donors (Lipinski definition) is 3. The lowest BCUT2D eigenvalue weighted by molar-refractivity contribution is -0.137. The van der Waals surface area contributed by atoms with Crippen LogP contribution in [0.1, 0.15) is 32.4 Å². The number of aromatic nitrogens is 1. The highest BCUT2D eigenvalue weighted by Gasteiger charge is 2.29. The number of rotatable bonds is 6. The summed E-state index contributed by atoms with van der Waals surface area (Å²) in [6.07, 6.45) is -5.41. The molecule has 10 heteroatoms. The molecule has 1 aromatic rings. The molecule has 0 saturated carbocycles. The third-order valence-corrected chi connectivity index (χ3v) is 3.38. The highest BCUT2D eigenvalue weighted by Crippen LogP contribution is 2.24. The molecular formula is C12H16F3N3O3S. The first-order valence-corrected chi connectivity index (χ1v) is 7.17. The van der Waals surface area contributed by atoms with Crippen LogP contribution >= 0.6 is 11.3 Å². The number of aliphatic carboxylic acids is 1. The van der Waals surface area contributed by atoms with Crippen molar-refractivity contribution in [3.8, 4) is 0 Å². The first-order valence-electron chi connectivity index (χ1n) is 6.29. The minimum absolute atomic E-state index is 0.0470. The molecule has 0 aliphatic rings. The maximum atomic E-state index is 12.2. The number of carboxylic acids is 1. The molecule has 0 aliphatic carbocycles. The highest BCUT2D eigenvalue weighted by atomic mass is 32.1. The second-order valence-corrected chi connectivity index (χ2v) is 6.15. The maximum Gasteiger partial charge on any atom is 0.394 e. The molecule has 0 aliphatic heterocycles. The van der Waals surface area contributed by atoms with Gasteiger partial charge in [0.05, 0.1) is 12.1 Å². The number of anilines is 1. The summed E-state index contributed by atoms with van der Waals surface area (Å²) >= 11 is 0.886. The van der Waals surface area contributed by atoms with E-state index in [2.05, 4.69) is 15.6 Å². The average molecular weight is 339 g/mol. The van der Waals surface area contributed by atoms with Crippen LogP contribution in [-0.4, -0.2) is 33.8 Å². The van der Waals surface area contributed by atoms with Gasteiger partial charge in [0.15, 0.2) is 5.13 Å². The van der Waals surface area contributed by atoms with E-state index < -0.39 is 30.1 Å². The van der Waals surface area contributed by atoms with Gasteiger partial charge in [-0.1, -0.05) is 0 Å². The number of carboxylic acid groups (broad SMARTS) is 1. The molecule has 2 amide bonds. The molecule has 0 aromatic carbocycles. The van der Waals surface area contributed by atoms with Crippen molar-refractivity contribution in [3.05, 3.63) is 11.1 Å². The van der Waals surface area contributed by atoms with E-state index in [-0.39, 0.29) is 23.7 Å². The van der Waals surface area contributed by atoms with Crippen LogP contribution in [0, 0.1) is 0 Å². The summed E-state index contributed by atoms with van der Waals surface area (Å²) in [5.74, 6) is -0.980. The first kappa shape index (κ1) is 18.2. The zero-order valence-corrected chi connectivity index (χ0v) is 12.8. The molecule has 1 aromatic heterocycles. The van der Waals surface area contributed by atoms with Crippen LogP contribution in [-0.2, 0) is 11.2 Å². The molecule has 0 atom stereocenters. The van der Waals surface area contributed by atoms with Crippen molar-refractivity contribution in [2.24, 2.45) is 0 Å². The van der Waals surface area contributed by atoms with Crippen molar-refractivity contribution in [1.82, 2.24) is 10.3 Å². The second kappa shape index (κ2) is 6.95. The summed E-state index contributed by atoms with van der Waals surface area (Å²) in [7, 11) is 0. The van der Waals surface area contributed by atoms with E-state index in [1.54, 1.807) is 13.8 Å². The lowest BCUT2D eigenvalue weighted by atomic mass is 9.99. The van der Waals surface area contributed by atoms with E-state index in [0.717, 1.165) is 11.3 Å². The summed E-state index contributed by atoms with van der Waals surface area (Å²) in [4.78, 5) is 25.9. The number of carbonyl (C=O) groups is 2. The molecule has 0 bridgehead atoms. The van der Waals surface area contributed by atoms with E-state index in [1.165, 1.54) is 5.38 Å². The van der Waals surface area contributed by atoms with Gasteiger partial charge >= 0.3 is 18.2 Å². The van der Waals surface area contributed by atoms with Crippen LogP contribution in [0.15, 0.2) is 5.38 Å². The van der Waals surface area contributed by atoms with Crippen LogP contribution in [0.25, 0.3) is 0 Å². The zero-order chi connectivity index (χ0) is 17.0. The minimum Gasteiger partial charge on any atom is -0.481 e. The Balaban J connectivity index is 2.53. The van der Waals surface area contributed by atoms with Crippen LogP contribution in [0.2, 0.25) is 0 Å². The summed E-state index contributed by atoms with van der Waals surface area (Å²) in [5, 5.41) is 14.8. The van der Waals surface area contributed by atoms with Gasteiger partial charge in [-0.2, -0.15) is 13.2 Å². The van der Waals surface area contributed by atoms with E-state index >= 15 is 0 Å². The van der Waals surface area contributed by atoms with Gasteiger partial charge in [-0.15, -0.1) is 11.3 Å². The Bertz CT molecular complexity index is 543. The van der Waals surface area contributed by atoms with Crippen molar-refractivity contribution in [3.63, 3.8) is 0 Å². The molecule has 0 fully saturated rings. The summed E-state index contributed by atoms with van der Waals surface area (Å²) in [6.45, 7) is 3.29. The fourth-order valence-corrected chi connectivity index (χ4v) is 2.27. The molecule has 6 nitrogen and oxygen atoms in total. The van der Waals surface area contributed by atoms with E-state index in [0.29, 0.717) is 0 Å². The van der Waals surface area contributed by atoms with Gasteiger partial charge in [0.1, 0.15) is 0 Å². The lowest BCUT2D eigenvalue weighted by Gasteiger charge is -2.25. The average Bonchev–Trinajstić information content (AvgIpc) is 2.70. The van der Waals surface area contributed by atoms with Gasteiger partial charge < -0.3 is 10.4 Å². The first-order chi connectivity index (χ1) is 9.97. The topological polar surface area (TPSA) is 91.3 Å². The van der Waals surface area contributed by atoms with Gasteiger partial charge in [0, 0.05) is 17.3 Å². The predicted octanol–water partition coefficient (Wildman–Crippen LogP) is 3.01. The molecule has 0 spiro atoms. The molecule has 3 N–H and O–H groups in total. The predicted molar refractivity (Wildman–Crippen MR) is 75.0 cm³/mol. The number of alkyl halides is 3. The van der Waals surface area contributed by atoms with Crippen LogP contribution in [0.3, 0.4) is 0 Å². The van der Waals surface area contributed by atoms with Crippen LogP contribution in [0.5, 0.6) is 0 Å². The van der Waals surface area contributed by atoms with Crippen molar-refractivity contribution < 1.29 is 27.9 Å². The van der Waals surface area contributed by atoms with E-state index in [1.807, 2.05) is 0 Å². The number of nitrogens with zero attached hydrogens (tertiary/aromatic N) is 1. The monoisotopic (exact) mass is 339 g/mol. The number of halogens is 3. The van der Waals surface area contributed by atoms with E-state index in [9.17, 15) is 22.8 Å². The van der Waals surface area contributed by atoms with Crippen molar-refractivity contribution in [2.45, 2.75) is 44.8 Å². The van der Waals surface area contributed by atoms with Crippen LogP contribution < -0.4 is 10.6 Å². The molecule has 22 heavy (non-hydrogen) atoms. The summed E-state index contributed by atoms with van der Waals surface area (Å²) in [5.41, 5.74) is -0.938. The third kappa shape index (κ3) is 7.25. The van der Waals surface area contributed by atoms with Crippen molar-refractivity contribution in [1.29, 1.82) is 0 Å². The Labute approximate surface area is 128 Å². The van der Waals surface area contributed by atoms with Crippen LogP contribution in [0.4, 0.5) is 23.1 Å². The van der Waals surface area contributed by atoms with Crippen molar-refractivity contribution >= 4 is 28.5 Å². The quantitative estimate of drug-likeness (QED) is 0.743. The van der Waals surface area contributed by atoms with Gasteiger partial charge in [0.25, 0.3) is 0 Å². The fraction of sp³-hybridized carbons (Fsp3) is 0.583. The molecule has 1 heterocycles. The number of carbonyl (C=O) groups excluding carboxylic acids is 1. The smallest absolute Gasteiger partial charge is 0.394 e. The zero-order valence-electron chi connectivity index (χ0n) is 12.0. The molecule has 1 rings (SSSR count). The Morgan fingerprint density at radius 1 is 1.36 bits per heavy atom. The van der Waals surface area contributed by atoms with Crippen molar-refractivity contribution in [2.75, 3.05) is 5.32 Å². The summed E-state index contributed by atoms with van der Waals surface area (Å²) in [6, 6.07) is -0.650. The standard InChI is InChI=1S/C12H16F3N3O3S/c1-11(2,4-3-8(19)20)18-9(21)17-10-16-7(6-22-10)5-12(13,14)15/h6H,3-5H2,1-2H3,(H,19,20)(H2,16,17,18,21). The minimum atomic E-state index is -4.35. The summed E-state index contributed by atoms with van der Waals surface area (Å²) < 4.78 is 36.6. The number of nitrogens with one attached hydrogen (secondary N) is 2. The van der Waals surface area contributed by atoms with E-state index in [4.69, 9.17) is 5.11 Å². The maximum absolute atomic E-state index is 12.2. The Kier molecular flexibility index (Phi) is 5.75. The molecular weight excluding hydrogens is 323 g/mol. The SMILES string of the molecule is CC(C)(CCC(=O)O)NC(=O)Nc1nc(CC(F)(F)F)cs1. The Morgan fingerprint density at radius 3 is 2.55 bits per heavy atom. The third-order valence-electron chi connectivity index (χ3n) is 2.57. The number of hydrogen-bond acceptors (Lipinski definition) is 4. The number of thiazole rings is 1. The lowest BCUT2D eigenvalue weighted by Crippen LogP contribution is -2.45. The fourth-order valence-electron chi connectivity index (χ4n) is 1.57. The number of urea groups is 1. The Hall–Kier alpha value is -1.84. The van der Waals surface area contributed by atoms with Gasteiger partial charge in [-0.3, -0.25) is 10.1 Å². The van der Waals surface area contributed by atoms with Gasteiger partial charge in [-0.25, -0.2) is 9.78 Å². The van der Waals surface area contributed by atoms with Gasteiger partial charge in [0.2, 0.25) is 0 Å². The Morgan fingerprint density at radius 2 is 2.00 bits per heavy atom. The second-order valence-electron chi connectivity index (χ2n) is 5.29. The number of amides is 2. The highest BCUT2D eigenvalue weighted by molar-refractivity contribution is 7.13. The largest absolute Gasteiger partial charge is 0.481 e. The molecule has 124 valence electrons.